The van der Waals surface area contributed by atoms with E-state index in [4.69, 9.17) is 0 Å². The van der Waals surface area contributed by atoms with E-state index in [-0.39, 0.29) is 0 Å². The molecule has 1 aromatic heterocycles. The van der Waals surface area contributed by atoms with E-state index in [0.29, 0.717) is 6.04 Å². The number of aromatic nitrogens is 2. The Bertz CT molecular complexity index is 339. The molecule has 0 radical (unpaired) electrons. The van der Waals surface area contributed by atoms with Gasteiger partial charge in [0.15, 0.2) is 0 Å². The first kappa shape index (κ1) is 12.1. The molecule has 0 spiro atoms. The summed E-state index contributed by atoms with van der Waals surface area (Å²) in [6.45, 7) is 2.34. The van der Waals surface area contributed by atoms with Crippen LogP contribution in [0.3, 0.4) is 0 Å². The molecule has 88 valence electrons. The summed E-state index contributed by atoms with van der Waals surface area (Å²) in [5.41, 5.74) is 0. The second-order valence-electron chi connectivity index (χ2n) is 4.64. The fraction of sp³-hybridized carbons (Fsp3) is 0.667. The van der Waals surface area contributed by atoms with E-state index < -0.39 is 0 Å². The Morgan fingerprint density at radius 2 is 1.88 bits per heavy atom. The molecule has 4 heteroatoms. The van der Waals surface area contributed by atoms with Gasteiger partial charge in [-0.2, -0.15) is 0 Å². The molecular weight excluding hydrogens is 313 g/mol. The van der Waals surface area contributed by atoms with Crippen LogP contribution in [-0.2, 0) is 0 Å². The number of anilines is 1. The smallest absolute Gasteiger partial charge is 0.225 e. The lowest BCUT2D eigenvalue weighted by Crippen LogP contribution is -2.39. The summed E-state index contributed by atoms with van der Waals surface area (Å²) >= 11 is 2.23. The van der Waals surface area contributed by atoms with Crippen LogP contribution in [0.15, 0.2) is 12.4 Å². The van der Waals surface area contributed by atoms with Gasteiger partial charge in [0, 0.05) is 29.1 Å². The van der Waals surface area contributed by atoms with Gasteiger partial charge in [-0.1, -0.05) is 19.8 Å². The molecule has 0 saturated heterocycles. The minimum atomic E-state index is 0.605. The maximum absolute atomic E-state index is 4.40. The van der Waals surface area contributed by atoms with Gasteiger partial charge >= 0.3 is 0 Å². The summed E-state index contributed by atoms with van der Waals surface area (Å²) in [6.07, 6.45) is 9.08. The highest BCUT2D eigenvalue weighted by molar-refractivity contribution is 14.1. The number of rotatable bonds is 2. The van der Waals surface area contributed by atoms with Crippen LogP contribution in [-0.4, -0.2) is 23.1 Å². The van der Waals surface area contributed by atoms with Crippen molar-refractivity contribution in [1.82, 2.24) is 9.97 Å². The first-order valence-electron chi connectivity index (χ1n) is 5.89. The fourth-order valence-electron chi connectivity index (χ4n) is 2.51. The lowest BCUT2D eigenvalue weighted by atomic mass is 9.85. The van der Waals surface area contributed by atoms with Crippen LogP contribution >= 0.6 is 22.6 Å². The standard InChI is InChI=1S/C12H18IN3/c1-9-5-3-4-6-11(9)16(2)12-14-7-10(13)8-15-12/h7-9,11H,3-6H2,1-2H3. The quantitative estimate of drug-likeness (QED) is 0.780. The average Bonchev–Trinajstić information content (AvgIpc) is 2.30. The molecule has 2 rings (SSSR count). The lowest BCUT2D eigenvalue weighted by molar-refractivity contribution is 0.319. The maximum Gasteiger partial charge on any atom is 0.225 e. The minimum absolute atomic E-state index is 0.605. The molecule has 0 aromatic carbocycles. The van der Waals surface area contributed by atoms with Crippen molar-refractivity contribution in [3.05, 3.63) is 16.0 Å². The Labute approximate surface area is 111 Å². The minimum Gasteiger partial charge on any atom is -0.341 e. The normalized spacial score (nSPS) is 25.4. The van der Waals surface area contributed by atoms with Crippen molar-refractivity contribution < 1.29 is 0 Å². The van der Waals surface area contributed by atoms with Gasteiger partial charge < -0.3 is 4.90 Å². The molecule has 1 aromatic rings. The van der Waals surface area contributed by atoms with E-state index in [9.17, 15) is 0 Å². The molecule has 1 aliphatic carbocycles. The Kier molecular flexibility index (Phi) is 4.00. The van der Waals surface area contributed by atoms with Crippen LogP contribution in [0.2, 0.25) is 0 Å². The van der Waals surface area contributed by atoms with Gasteiger partial charge in [0.2, 0.25) is 5.95 Å². The molecule has 2 unspecified atom stereocenters. The van der Waals surface area contributed by atoms with Gasteiger partial charge in [-0.3, -0.25) is 0 Å². The summed E-state index contributed by atoms with van der Waals surface area (Å²) in [5.74, 6) is 1.61. The zero-order valence-corrected chi connectivity index (χ0v) is 12.0. The Morgan fingerprint density at radius 1 is 1.25 bits per heavy atom. The van der Waals surface area contributed by atoms with Gasteiger partial charge in [0.05, 0.1) is 0 Å². The van der Waals surface area contributed by atoms with Crippen LogP contribution in [0.25, 0.3) is 0 Å². The van der Waals surface area contributed by atoms with Crippen molar-refractivity contribution in [2.75, 3.05) is 11.9 Å². The third-order valence-electron chi connectivity index (χ3n) is 3.49. The largest absolute Gasteiger partial charge is 0.341 e. The second kappa shape index (κ2) is 5.29. The second-order valence-corrected chi connectivity index (χ2v) is 5.89. The van der Waals surface area contributed by atoms with Gasteiger partial charge in [-0.25, -0.2) is 9.97 Å². The van der Waals surface area contributed by atoms with Crippen molar-refractivity contribution in [3.63, 3.8) is 0 Å². The molecule has 1 aliphatic rings. The SMILES string of the molecule is CC1CCCCC1N(C)c1ncc(I)cn1. The Hall–Kier alpha value is -0.390. The first-order valence-corrected chi connectivity index (χ1v) is 6.96. The zero-order valence-electron chi connectivity index (χ0n) is 9.86. The molecule has 1 fully saturated rings. The van der Waals surface area contributed by atoms with E-state index in [1.807, 2.05) is 12.4 Å². The van der Waals surface area contributed by atoms with Crippen LogP contribution in [0.1, 0.15) is 32.6 Å². The molecule has 1 saturated carbocycles. The predicted molar refractivity (Wildman–Crippen MR) is 74.6 cm³/mol. The van der Waals surface area contributed by atoms with Crippen LogP contribution in [0.4, 0.5) is 5.95 Å². The maximum atomic E-state index is 4.40. The summed E-state index contributed by atoms with van der Waals surface area (Å²) in [4.78, 5) is 11.0. The monoisotopic (exact) mass is 331 g/mol. The average molecular weight is 331 g/mol. The number of hydrogen-bond acceptors (Lipinski definition) is 3. The van der Waals surface area contributed by atoms with Crippen molar-refractivity contribution in [2.45, 2.75) is 38.6 Å². The summed E-state index contributed by atoms with van der Waals surface area (Å²) in [7, 11) is 2.12. The van der Waals surface area contributed by atoms with E-state index >= 15 is 0 Å². The summed E-state index contributed by atoms with van der Waals surface area (Å²) in [5, 5.41) is 0. The summed E-state index contributed by atoms with van der Waals surface area (Å²) < 4.78 is 1.09. The van der Waals surface area contributed by atoms with Gasteiger partial charge in [0.25, 0.3) is 0 Å². The molecule has 0 N–H and O–H groups in total. The molecular formula is C12H18IN3. The molecule has 0 aliphatic heterocycles. The number of hydrogen-bond donors (Lipinski definition) is 0. The lowest BCUT2D eigenvalue weighted by Gasteiger charge is -2.36. The van der Waals surface area contributed by atoms with Crippen LogP contribution in [0, 0.1) is 9.49 Å². The van der Waals surface area contributed by atoms with Crippen LogP contribution < -0.4 is 4.90 Å². The van der Waals surface area contributed by atoms with E-state index in [1.165, 1.54) is 25.7 Å². The molecule has 16 heavy (non-hydrogen) atoms. The van der Waals surface area contributed by atoms with E-state index in [1.54, 1.807) is 0 Å². The first-order chi connectivity index (χ1) is 7.68. The highest BCUT2D eigenvalue weighted by atomic mass is 127. The highest BCUT2D eigenvalue weighted by Crippen LogP contribution is 2.28. The molecule has 0 bridgehead atoms. The Morgan fingerprint density at radius 3 is 2.50 bits per heavy atom. The topological polar surface area (TPSA) is 29.0 Å². The van der Waals surface area contributed by atoms with Crippen molar-refractivity contribution >= 4 is 28.5 Å². The van der Waals surface area contributed by atoms with E-state index in [0.717, 1.165) is 15.4 Å². The van der Waals surface area contributed by atoms with Gasteiger partial charge in [-0.15, -0.1) is 0 Å². The number of halogens is 1. The molecule has 0 amide bonds. The molecule has 1 heterocycles. The number of nitrogens with zero attached hydrogens (tertiary/aromatic N) is 3. The Balaban J connectivity index is 2.11. The summed E-state index contributed by atoms with van der Waals surface area (Å²) in [6, 6.07) is 0.605. The predicted octanol–water partition coefficient (Wildman–Crippen LogP) is 3.10. The van der Waals surface area contributed by atoms with Crippen molar-refractivity contribution in [2.24, 2.45) is 5.92 Å². The van der Waals surface area contributed by atoms with Gasteiger partial charge in [0.1, 0.15) is 0 Å². The van der Waals surface area contributed by atoms with E-state index in [2.05, 4.69) is 51.4 Å². The van der Waals surface area contributed by atoms with Crippen molar-refractivity contribution in [1.29, 1.82) is 0 Å². The third-order valence-corrected chi connectivity index (χ3v) is 4.04. The fourth-order valence-corrected chi connectivity index (χ4v) is 2.79. The molecule has 3 nitrogen and oxygen atoms in total. The highest BCUT2D eigenvalue weighted by Gasteiger charge is 2.26. The molecule has 2 atom stereocenters. The van der Waals surface area contributed by atoms with Crippen molar-refractivity contribution in [3.8, 4) is 0 Å². The van der Waals surface area contributed by atoms with Gasteiger partial charge in [-0.05, 0) is 41.4 Å². The zero-order chi connectivity index (χ0) is 11.5. The van der Waals surface area contributed by atoms with Crippen LogP contribution in [0.5, 0.6) is 0 Å². The third kappa shape index (κ3) is 2.64.